The molecular formula is C20H16O4S. The molecule has 5 heteroatoms. The van der Waals surface area contributed by atoms with Gasteiger partial charge in [-0.2, -0.15) is 0 Å². The second kappa shape index (κ2) is 7.07. The maximum absolute atomic E-state index is 12.6. The maximum atomic E-state index is 12.6. The maximum Gasteiger partial charge on any atom is 0.231 e. The number of ketones is 1. The van der Waals surface area contributed by atoms with Crippen molar-refractivity contribution in [3.63, 3.8) is 0 Å². The van der Waals surface area contributed by atoms with Gasteiger partial charge in [0, 0.05) is 16.6 Å². The minimum Gasteiger partial charge on any atom is -0.461 e. The minimum atomic E-state index is -0.0468. The smallest absolute Gasteiger partial charge is 0.231 e. The third-order valence-corrected chi connectivity index (χ3v) is 5.22. The SMILES string of the molecule is O=C(C[C@@H](Sc1ccccc1)c1ccc2c(c1)OCO2)c1ccco1. The zero-order chi connectivity index (χ0) is 17.1. The van der Waals surface area contributed by atoms with Crippen molar-refractivity contribution in [2.45, 2.75) is 16.6 Å². The molecule has 0 fully saturated rings. The van der Waals surface area contributed by atoms with Crippen molar-refractivity contribution in [2.24, 2.45) is 0 Å². The molecule has 3 aromatic rings. The summed E-state index contributed by atoms with van der Waals surface area (Å²) in [5, 5.41) is -0.0468. The van der Waals surface area contributed by atoms with Crippen LogP contribution in [0, 0.1) is 0 Å². The number of ether oxygens (including phenoxy) is 2. The lowest BCUT2D eigenvalue weighted by Crippen LogP contribution is -2.04. The van der Waals surface area contributed by atoms with Crippen LogP contribution in [0.15, 0.2) is 76.2 Å². The Morgan fingerprint density at radius 1 is 1.00 bits per heavy atom. The number of fused-ring (bicyclic) bond motifs is 1. The van der Waals surface area contributed by atoms with Crippen LogP contribution in [0.5, 0.6) is 11.5 Å². The van der Waals surface area contributed by atoms with E-state index >= 15 is 0 Å². The molecule has 4 nitrogen and oxygen atoms in total. The summed E-state index contributed by atoms with van der Waals surface area (Å²) in [6.07, 6.45) is 1.86. The Balaban J connectivity index is 1.62. The fraction of sp³-hybridized carbons (Fsp3) is 0.150. The van der Waals surface area contributed by atoms with Crippen LogP contribution in [0.2, 0.25) is 0 Å². The summed E-state index contributed by atoms with van der Waals surface area (Å²) in [5.74, 6) is 1.83. The summed E-state index contributed by atoms with van der Waals surface area (Å²) in [6.45, 7) is 0.237. The molecule has 0 bridgehead atoms. The molecule has 0 saturated heterocycles. The van der Waals surface area contributed by atoms with Gasteiger partial charge in [0.1, 0.15) is 0 Å². The van der Waals surface area contributed by atoms with Gasteiger partial charge in [0.25, 0.3) is 0 Å². The highest BCUT2D eigenvalue weighted by Gasteiger charge is 2.23. The molecule has 0 spiro atoms. The first-order valence-electron chi connectivity index (χ1n) is 7.97. The monoisotopic (exact) mass is 352 g/mol. The van der Waals surface area contributed by atoms with E-state index in [-0.39, 0.29) is 17.8 Å². The van der Waals surface area contributed by atoms with E-state index in [4.69, 9.17) is 13.9 Å². The fourth-order valence-electron chi connectivity index (χ4n) is 2.71. The Labute approximate surface area is 149 Å². The molecule has 0 N–H and O–H groups in total. The second-order valence-electron chi connectivity index (χ2n) is 5.64. The molecule has 1 aliphatic heterocycles. The van der Waals surface area contributed by atoms with E-state index in [0.29, 0.717) is 12.2 Å². The van der Waals surface area contributed by atoms with E-state index in [1.165, 1.54) is 6.26 Å². The van der Waals surface area contributed by atoms with Crippen molar-refractivity contribution in [2.75, 3.05) is 6.79 Å². The summed E-state index contributed by atoms with van der Waals surface area (Å²) < 4.78 is 16.1. The van der Waals surface area contributed by atoms with Gasteiger partial charge in [-0.25, -0.2) is 0 Å². The van der Waals surface area contributed by atoms with Crippen molar-refractivity contribution < 1.29 is 18.7 Å². The van der Waals surface area contributed by atoms with Crippen LogP contribution in [-0.4, -0.2) is 12.6 Å². The van der Waals surface area contributed by atoms with E-state index in [0.717, 1.165) is 22.0 Å². The van der Waals surface area contributed by atoms with Gasteiger partial charge in [-0.3, -0.25) is 4.79 Å². The molecule has 0 aliphatic carbocycles. The minimum absolute atomic E-state index is 0.0175. The zero-order valence-electron chi connectivity index (χ0n) is 13.4. The second-order valence-corrected chi connectivity index (χ2v) is 6.91. The third-order valence-electron chi connectivity index (χ3n) is 3.96. The van der Waals surface area contributed by atoms with Gasteiger partial charge in [-0.15, -0.1) is 11.8 Å². The first-order valence-corrected chi connectivity index (χ1v) is 8.85. The molecule has 25 heavy (non-hydrogen) atoms. The average Bonchev–Trinajstić information content (AvgIpc) is 3.33. The Morgan fingerprint density at radius 3 is 2.64 bits per heavy atom. The molecular weight excluding hydrogens is 336 g/mol. The van der Waals surface area contributed by atoms with E-state index in [1.54, 1.807) is 23.9 Å². The van der Waals surface area contributed by atoms with Gasteiger partial charge in [0.2, 0.25) is 6.79 Å². The molecule has 2 heterocycles. The third kappa shape index (κ3) is 3.56. The molecule has 4 rings (SSSR count). The number of thioether (sulfide) groups is 1. The molecule has 126 valence electrons. The van der Waals surface area contributed by atoms with Crippen LogP contribution in [0.3, 0.4) is 0 Å². The Morgan fingerprint density at radius 2 is 1.84 bits per heavy atom. The van der Waals surface area contributed by atoms with E-state index < -0.39 is 0 Å². The summed E-state index contributed by atoms with van der Waals surface area (Å²) in [5.41, 5.74) is 1.03. The lowest BCUT2D eigenvalue weighted by atomic mass is 10.1. The Kier molecular flexibility index (Phi) is 4.48. The molecule has 0 unspecified atom stereocenters. The van der Waals surface area contributed by atoms with Crippen molar-refractivity contribution in [1.82, 2.24) is 0 Å². The number of Topliss-reactive ketones (excluding diaryl/α,β-unsaturated/α-hetero) is 1. The highest BCUT2D eigenvalue weighted by Crippen LogP contribution is 2.42. The number of carbonyl (C=O) groups is 1. The summed E-state index contributed by atoms with van der Waals surface area (Å²) in [7, 11) is 0. The van der Waals surface area contributed by atoms with Crippen LogP contribution >= 0.6 is 11.8 Å². The van der Waals surface area contributed by atoms with Crippen LogP contribution < -0.4 is 9.47 Å². The standard InChI is InChI=1S/C20H16O4S/c21-16(17-7-4-10-22-17)12-20(25-15-5-2-1-3-6-15)14-8-9-18-19(11-14)24-13-23-18/h1-11,20H,12-13H2/t20-/m1/s1. The quantitative estimate of drug-likeness (QED) is 0.455. The summed E-state index contributed by atoms with van der Waals surface area (Å²) in [4.78, 5) is 13.7. The highest BCUT2D eigenvalue weighted by molar-refractivity contribution is 7.99. The molecule has 1 aliphatic rings. The molecule has 0 amide bonds. The molecule has 2 aromatic carbocycles. The Hall–Kier alpha value is -2.66. The lowest BCUT2D eigenvalue weighted by Gasteiger charge is -2.16. The molecule has 1 atom stereocenters. The first-order chi connectivity index (χ1) is 12.3. The van der Waals surface area contributed by atoms with Crippen molar-refractivity contribution in [1.29, 1.82) is 0 Å². The average molecular weight is 352 g/mol. The predicted octanol–water partition coefficient (Wildman–Crippen LogP) is 5.11. The van der Waals surface area contributed by atoms with Crippen LogP contribution in [-0.2, 0) is 0 Å². The largest absolute Gasteiger partial charge is 0.461 e. The molecule has 0 saturated carbocycles. The summed E-state index contributed by atoms with van der Waals surface area (Å²) >= 11 is 1.65. The van der Waals surface area contributed by atoms with E-state index in [9.17, 15) is 4.79 Å². The number of hydrogen-bond donors (Lipinski definition) is 0. The zero-order valence-corrected chi connectivity index (χ0v) is 14.2. The number of hydrogen-bond acceptors (Lipinski definition) is 5. The topological polar surface area (TPSA) is 48.7 Å². The number of rotatable bonds is 6. The van der Waals surface area contributed by atoms with Gasteiger partial charge in [-0.05, 0) is 42.0 Å². The van der Waals surface area contributed by atoms with Crippen LogP contribution in [0.4, 0.5) is 0 Å². The normalized spacial score (nSPS) is 13.6. The number of furan rings is 1. The van der Waals surface area contributed by atoms with Gasteiger partial charge in [0.05, 0.1) is 6.26 Å². The number of carbonyl (C=O) groups excluding carboxylic acids is 1. The van der Waals surface area contributed by atoms with Gasteiger partial charge >= 0.3 is 0 Å². The molecule has 1 aromatic heterocycles. The van der Waals surface area contributed by atoms with Crippen molar-refractivity contribution >= 4 is 17.5 Å². The fourth-order valence-corrected chi connectivity index (χ4v) is 3.87. The van der Waals surface area contributed by atoms with Crippen molar-refractivity contribution in [3.8, 4) is 11.5 Å². The van der Waals surface area contributed by atoms with Gasteiger partial charge in [-0.1, -0.05) is 24.3 Å². The van der Waals surface area contributed by atoms with E-state index in [2.05, 4.69) is 0 Å². The number of benzene rings is 2. The predicted molar refractivity (Wildman–Crippen MR) is 95.3 cm³/mol. The Bertz CT molecular complexity index is 859. The van der Waals surface area contributed by atoms with Gasteiger partial charge in [0.15, 0.2) is 23.0 Å². The highest BCUT2D eigenvalue weighted by atomic mass is 32.2. The van der Waals surface area contributed by atoms with Crippen LogP contribution in [0.1, 0.15) is 27.8 Å². The van der Waals surface area contributed by atoms with E-state index in [1.807, 2.05) is 48.5 Å². The van der Waals surface area contributed by atoms with Crippen molar-refractivity contribution in [3.05, 3.63) is 78.3 Å². The first kappa shape index (κ1) is 15.8. The molecule has 0 radical (unpaired) electrons. The summed E-state index contributed by atoms with van der Waals surface area (Å²) in [6, 6.07) is 19.3. The van der Waals surface area contributed by atoms with Crippen LogP contribution in [0.25, 0.3) is 0 Å². The van der Waals surface area contributed by atoms with Gasteiger partial charge < -0.3 is 13.9 Å². The lowest BCUT2D eigenvalue weighted by molar-refractivity contribution is 0.0955.